The van der Waals surface area contributed by atoms with E-state index in [0.717, 1.165) is 11.1 Å². The average molecular weight is 420 g/mol. The predicted molar refractivity (Wildman–Crippen MR) is 116 cm³/mol. The second-order valence-corrected chi connectivity index (χ2v) is 8.96. The van der Waals surface area contributed by atoms with E-state index in [0.29, 0.717) is 22.4 Å². The number of methoxy groups -OCH3 is 1. The highest BCUT2D eigenvalue weighted by atomic mass is 32.2. The van der Waals surface area contributed by atoms with Crippen molar-refractivity contribution in [2.75, 3.05) is 7.11 Å². The van der Waals surface area contributed by atoms with Gasteiger partial charge in [0.1, 0.15) is 16.2 Å². The van der Waals surface area contributed by atoms with Crippen LogP contribution in [0.1, 0.15) is 11.1 Å². The number of fused-ring (bicyclic) bond motifs is 1. The summed E-state index contributed by atoms with van der Waals surface area (Å²) in [5.74, 6) is 0.613. The molecule has 3 aromatic carbocycles. The Morgan fingerprint density at radius 3 is 2.37 bits per heavy atom. The second kappa shape index (κ2) is 7.80. The number of rotatable bonds is 4. The number of ether oxygens (including phenoxy) is 1. The van der Waals surface area contributed by atoms with Crippen molar-refractivity contribution in [1.82, 2.24) is 0 Å². The van der Waals surface area contributed by atoms with Gasteiger partial charge in [-0.3, -0.25) is 0 Å². The Kier molecular flexibility index (Phi) is 5.18. The minimum absolute atomic E-state index is 0.0198. The summed E-state index contributed by atoms with van der Waals surface area (Å²) < 4.78 is 38.1. The largest absolute Gasteiger partial charge is 0.497 e. The van der Waals surface area contributed by atoms with Gasteiger partial charge in [-0.1, -0.05) is 35.9 Å². The first kappa shape index (κ1) is 19.9. The van der Waals surface area contributed by atoms with E-state index in [-0.39, 0.29) is 15.3 Å². The van der Waals surface area contributed by atoms with Crippen LogP contribution in [0.25, 0.3) is 11.0 Å². The van der Waals surface area contributed by atoms with Gasteiger partial charge in [0.05, 0.1) is 17.7 Å². The topological polar surface area (TPSA) is 68.9 Å². The van der Waals surface area contributed by atoms with Gasteiger partial charge in [-0.05, 0) is 55.8 Å². The standard InChI is InChI=1S/C24H21NO4S/c1-16-9-12-21(17(2)13-16)25-24-23(30(26,27)20-7-5-4-6-8-20)14-18-10-11-19(28-3)15-22(18)29-24/h4-15H,1-3H3. The van der Waals surface area contributed by atoms with Gasteiger partial charge in [0.15, 0.2) is 0 Å². The first-order chi connectivity index (χ1) is 14.4. The first-order valence-corrected chi connectivity index (χ1v) is 10.9. The van der Waals surface area contributed by atoms with Gasteiger partial charge in [-0.25, -0.2) is 13.4 Å². The van der Waals surface area contributed by atoms with E-state index in [4.69, 9.17) is 9.15 Å². The van der Waals surface area contributed by atoms with Gasteiger partial charge in [0, 0.05) is 11.5 Å². The van der Waals surface area contributed by atoms with Crippen LogP contribution in [0.5, 0.6) is 5.75 Å². The molecule has 0 saturated carbocycles. The van der Waals surface area contributed by atoms with E-state index in [1.807, 2.05) is 32.0 Å². The van der Waals surface area contributed by atoms with Crippen molar-refractivity contribution in [3.05, 3.63) is 89.5 Å². The average Bonchev–Trinajstić information content (AvgIpc) is 2.75. The molecule has 0 amide bonds. The lowest BCUT2D eigenvalue weighted by molar-refractivity contribution is 0.413. The summed E-state index contributed by atoms with van der Waals surface area (Å²) in [4.78, 5) is 4.80. The quantitative estimate of drug-likeness (QED) is 0.460. The van der Waals surface area contributed by atoms with Gasteiger partial charge in [0.25, 0.3) is 0 Å². The monoisotopic (exact) mass is 419 g/mol. The fourth-order valence-corrected chi connectivity index (χ4v) is 4.61. The smallest absolute Gasteiger partial charge is 0.239 e. The molecule has 0 radical (unpaired) electrons. The van der Waals surface area contributed by atoms with Crippen LogP contribution in [0.4, 0.5) is 5.69 Å². The Bertz CT molecular complexity index is 1400. The Morgan fingerprint density at radius 1 is 0.900 bits per heavy atom. The summed E-state index contributed by atoms with van der Waals surface area (Å²) in [7, 11) is -2.27. The molecule has 0 aliphatic carbocycles. The Balaban J connectivity index is 2.05. The maximum atomic E-state index is 13.4. The van der Waals surface area contributed by atoms with E-state index >= 15 is 0 Å². The zero-order valence-corrected chi connectivity index (χ0v) is 17.7. The van der Waals surface area contributed by atoms with Gasteiger partial charge in [-0.15, -0.1) is 0 Å². The fourth-order valence-electron chi connectivity index (χ4n) is 3.24. The zero-order chi connectivity index (χ0) is 21.3. The highest BCUT2D eigenvalue weighted by molar-refractivity contribution is 7.91. The van der Waals surface area contributed by atoms with E-state index in [1.165, 1.54) is 0 Å². The van der Waals surface area contributed by atoms with Crippen molar-refractivity contribution in [2.45, 2.75) is 23.6 Å². The van der Waals surface area contributed by atoms with Crippen molar-refractivity contribution in [2.24, 2.45) is 4.99 Å². The minimum Gasteiger partial charge on any atom is -0.497 e. The molecule has 5 nitrogen and oxygen atoms in total. The molecule has 1 aromatic heterocycles. The Hall–Kier alpha value is -3.38. The molecule has 0 N–H and O–H groups in total. The first-order valence-electron chi connectivity index (χ1n) is 9.42. The normalized spacial score (nSPS) is 12.3. The maximum absolute atomic E-state index is 13.4. The Morgan fingerprint density at radius 2 is 1.67 bits per heavy atom. The molecule has 0 unspecified atom stereocenters. The number of aryl methyl sites for hydroxylation is 2. The second-order valence-electron chi connectivity index (χ2n) is 7.04. The Labute approximate surface area is 175 Å². The molecule has 0 atom stereocenters. The fraction of sp³-hybridized carbons (Fsp3) is 0.125. The lowest BCUT2D eigenvalue weighted by atomic mass is 10.1. The van der Waals surface area contributed by atoms with E-state index in [9.17, 15) is 8.42 Å². The van der Waals surface area contributed by atoms with Gasteiger partial charge in [-0.2, -0.15) is 0 Å². The van der Waals surface area contributed by atoms with Crippen LogP contribution in [0.2, 0.25) is 0 Å². The number of hydrogen-bond acceptors (Lipinski definition) is 5. The molecule has 0 bridgehead atoms. The van der Waals surface area contributed by atoms with Crippen molar-refractivity contribution in [3.63, 3.8) is 0 Å². The molecule has 4 rings (SSSR count). The van der Waals surface area contributed by atoms with Crippen molar-refractivity contribution in [3.8, 4) is 5.75 Å². The molecule has 0 aliphatic rings. The van der Waals surface area contributed by atoms with Crippen molar-refractivity contribution >= 4 is 26.5 Å². The highest BCUT2D eigenvalue weighted by Crippen LogP contribution is 2.26. The summed E-state index contributed by atoms with van der Waals surface area (Å²) in [6.45, 7) is 3.93. The van der Waals surface area contributed by atoms with Gasteiger partial charge in [0.2, 0.25) is 15.4 Å². The molecule has 0 fully saturated rings. The molecule has 0 spiro atoms. The van der Waals surface area contributed by atoms with Gasteiger partial charge < -0.3 is 9.15 Å². The van der Waals surface area contributed by atoms with Gasteiger partial charge >= 0.3 is 0 Å². The van der Waals surface area contributed by atoms with Crippen LogP contribution in [-0.2, 0) is 9.84 Å². The van der Waals surface area contributed by atoms with Crippen molar-refractivity contribution in [1.29, 1.82) is 0 Å². The highest BCUT2D eigenvalue weighted by Gasteiger charge is 2.22. The van der Waals surface area contributed by atoms with Crippen LogP contribution >= 0.6 is 0 Å². The van der Waals surface area contributed by atoms with E-state index in [2.05, 4.69) is 4.99 Å². The molecule has 0 aliphatic heterocycles. The summed E-state index contributed by atoms with van der Waals surface area (Å²) in [6, 6.07) is 20.9. The van der Waals surface area contributed by atoms with Crippen LogP contribution < -0.4 is 10.3 Å². The molecular weight excluding hydrogens is 398 g/mol. The van der Waals surface area contributed by atoms with Crippen molar-refractivity contribution < 1.29 is 17.6 Å². The third-order valence-corrected chi connectivity index (χ3v) is 6.61. The maximum Gasteiger partial charge on any atom is 0.239 e. The number of sulfone groups is 1. The van der Waals surface area contributed by atoms with Crippen LogP contribution in [0.15, 0.2) is 92.0 Å². The van der Waals surface area contributed by atoms with E-state index in [1.54, 1.807) is 61.7 Å². The molecule has 152 valence electrons. The van der Waals surface area contributed by atoms with Crippen LogP contribution in [0.3, 0.4) is 0 Å². The molecule has 30 heavy (non-hydrogen) atoms. The molecule has 1 heterocycles. The number of hydrogen-bond donors (Lipinski definition) is 0. The number of nitrogens with zero attached hydrogens (tertiary/aromatic N) is 1. The van der Waals surface area contributed by atoms with Crippen LogP contribution in [0, 0.1) is 13.8 Å². The molecule has 6 heteroatoms. The third kappa shape index (κ3) is 3.74. The summed E-state index contributed by atoms with van der Waals surface area (Å²) in [5.41, 5.74) is 3.20. The molecule has 4 aromatic rings. The number of benzene rings is 3. The predicted octanol–water partition coefficient (Wildman–Crippen LogP) is 5.12. The lowest BCUT2D eigenvalue weighted by Gasteiger charge is -2.08. The summed E-state index contributed by atoms with van der Waals surface area (Å²) in [6.07, 6.45) is 0. The van der Waals surface area contributed by atoms with E-state index < -0.39 is 9.84 Å². The SMILES string of the molecule is COc1ccc2cc(S(=O)(=O)c3ccccc3)c(=Nc3ccc(C)cc3C)oc2c1. The summed E-state index contributed by atoms with van der Waals surface area (Å²) >= 11 is 0. The minimum atomic E-state index is -3.84. The third-order valence-electron chi connectivity index (χ3n) is 4.84. The zero-order valence-electron chi connectivity index (χ0n) is 16.9. The summed E-state index contributed by atoms with van der Waals surface area (Å²) in [5, 5.41) is 0.643. The molecular formula is C24H21NO4S. The molecule has 0 saturated heterocycles. The van der Waals surface area contributed by atoms with Crippen LogP contribution in [-0.4, -0.2) is 15.5 Å². The lowest BCUT2D eigenvalue weighted by Crippen LogP contribution is -2.16.